The molecule has 0 heterocycles. The molecule has 0 spiro atoms. The van der Waals surface area contributed by atoms with Gasteiger partial charge in [0, 0.05) is 5.70 Å². The van der Waals surface area contributed by atoms with Crippen molar-refractivity contribution in [3.05, 3.63) is 35.6 Å². The van der Waals surface area contributed by atoms with E-state index in [0.717, 1.165) is 18.5 Å². The van der Waals surface area contributed by atoms with Gasteiger partial charge in [-0.2, -0.15) is 0 Å². The Morgan fingerprint density at radius 1 is 1.27 bits per heavy atom. The molecule has 2 nitrogen and oxygen atoms in total. The normalized spacial score (nSPS) is 17.2. The molecule has 0 atom stereocenters. The fourth-order valence-electron chi connectivity index (χ4n) is 1.04. The van der Waals surface area contributed by atoms with Gasteiger partial charge in [-0.25, -0.2) is 0 Å². The second kappa shape index (κ2) is 3.98. The number of nitrogens with two attached hydrogens (primary N) is 2. The van der Waals surface area contributed by atoms with E-state index in [-0.39, 0.29) is 0 Å². The molecule has 0 amide bonds. The van der Waals surface area contributed by atoms with Crippen molar-refractivity contribution in [2.24, 2.45) is 11.5 Å². The van der Waals surface area contributed by atoms with Crippen LogP contribution in [-0.4, -0.2) is 6.54 Å². The maximum absolute atomic E-state index is 5.60. The van der Waals surface area contributed by atoms with Crippen molar-refractivity contribution in [2.45, 2.75) is 12.8 Å². The van der Waals surface area contributed by atoms with Crippen LogP contribution in [0.4, 0.5) is 0 Å². The highest BCUT2D eigenvalue weighted by Gasteiger charge is 1.93. The predicted octanol–water partition coefficient (Wildman–Crippen LogP) is 1.06. The van der Waals surface area contributed by atoms with Crippen LogP contribution in [0.1, 0.15) is 12.8 Å². The minimum absolute atomic E-state index is 0.704. The largest absolute Gasteiger partial charge is 0.399 e. The zero-order valence-corrected chi connectivity index (χ0v) is 6.59. The Morgan fingerprint density at radius 3 is 2.82 bits per heavy atom. The van der Waals surface area contributed by atoms with E-state index in [1.165, 1.54) is 5.57 Å². The lowest BCUT2D eigenvalue weighted by molar-refractivity contribution is 0.968. The summed E-state index contributed by atoms with van der Waals surface area (Å²) < 4.78 is 0. The van der Waals surface area contributed by atoms with Crippen molar-refractivity contribution in [1.82, 2.24) is 0 Å². The number of rotatable bonds is 2. The van der Waals surface area contributed by atoms with Crippen LogP contribution in [0.15, 0.2) is 35.6 Å². The molecular weight excluding hydrogens is 136 g/mol. The second-order valence-electron chi connectivity index (χ2n) is 2.59. The lowest BCUT2D eigenvalue weighted by Crippen LogP contribution is -1.98. The summed E-state index contributed by atoms with van der Waals surface area (Å²) in [4.78, 5) is 0. The summed E-state index contributed by atoms with van der Waals surface area (Å²) in [6.07, 6.45) is 9.98. The van der Waals surface area contributed by atoms with E-state index < -0.39 is 0 Å². The van der Waals surface area contributed by atoms with Gasteiger partial charge in [0.1, 0.15) is 0 Å². The zero-order valence-electron chi connectivity index (χ0n) is 6.59. The minimum atomic E-state index is 0.704. The van der Waals surface area contributed by atoms with E-state index >= 15 is 0 Å². The standard InChI is InChI=1S/C9H14N2/c10-7-6-8-2-1-3-9(11)5-4-8/h2-5H,1,6-7,10-11H2. The van der Waals surface area contributed by atoms with Crippen molar-refractivity contribution in [3.8, 4) is 0 Å². The summed E-state index contributed by atoms with van der Waals surface area (Å²) in [7, 11) is 0. The van der Waals surface area contributed by atoms with E-state index in [1.54, 1.807) is 0 Å². The first-order chi connectivity index (χ1) is 5.33. The molecule has 0 aliphatic heterocycles. The van der Waals surface area contributed by atoms with Gasteiger partial charge in [0.15, 0.2) is 0 Å². The van der Waals surface area contributed by atoms with Crippen LogP contribution in [0.5, 0.6) is 0 Å². The third-order valence-electron chi connectivity index (χ3n) is 1.66. The van der Waals surface area contributed by atoms with Crippen LogP contribution in [0.25, 0.3) is 0 Å². The maximum Gasteiger partial charge on any atom is 0.0276 e. The van der Waals surface area contributed by atoms with Crippen molar-refractivity contribution in [1.29, 1.82) is 0 Å². The summed E-state index contributed by atoms with van der Waals surface area (Å²) in [5, 5.41) is 0. The van der Waals surface area contributed by atoms with Gasteiger partial charge in [0.25, 0.3) is 0 Å². The average Bonchev–Trinajstić information content (AvgIpc) is 2.17. The van der Waals surface area contributed by atoms with Crippen molar-refractivity contribution in [2.75, 3.05) is 6.54 Å². The monoisotopic (exact) mass is 150 g/mol. The molecule has 0 saturated heterocycles. The van der Waals surface area contributed by atoms with E-state index in [9.17, 15) is 0 Å². The molecular formula is C9H14N2. The van der Waals surface area contributed by atoms with Gasteiger partial charge >= 0.3 is 0 Å². The first-order valence-electron chi connectivity index (χ1n) is 3.86. The molecule has 0 aromatic rings. The third kappa shape index (κ3) is 2.60. The summed E-state index contributed by atoms with van der Waals surface area (Å²) >= 11 is 0. The van der Waals surface area contributed by atoms with E-state index in [4.69, 9.17) is 11.5 Å². The van der Waals surface area contributed by atoms with Crippen LogP contribution in [0.2, 0.25) is 0 Å². The highest BCUT2D eigenvalue weighted by molar-refractivity contribution is 5.30. The number of hydrogen-bond donors (Lipinski definition) is 2. The van der Waals surface area contributed by atoms with Crippen molar-refractivity contribution in [3.63, 3.8) is 0 Å². The summed E-state index contributed by atoms with van der Waals surface area (Å²) in [6, 6.07) is 0. The topological polar surface area (TPSA) is 52.0 Å². The lowest BCUT2D eigenvalue weighted by atomic mass is 10.1. The molecule has 0 aromatic carbocycles. The summed E-state index contributed by atoms with van der Waals surface area (Å²) in [5.74, 6) is 0. The van der Waals surface area contributed by atoms with E-state index in [1.807, 2.05) is 18.2 Å². The fraction of sp³-hybridized carbons (Fsp3) is 0.333. The molecule has 0 saturated carbocycles. The molecule has 4 N–H and O–H groups in total. The van der Waals surface area contributed by atoms with Crippen LogP contribution >= 0.6 is 0 Å². The molecule has 1 rings (SSSR count). The molecule has 0 radical (unpaired) electrons. The van der Waals surface area contributed by atoms with Gasteiger partial charge in [-0.05, 0) is 25.5 Å². The SMILES string of the molecule is NCCC1=CCC=C(N)C=C1. The first-order valence-corrected chi connectivity index (χ1v) is 3.86. The van der Waals surface area contributed by atoms with Gasteiger partial charge in [-0.15, -0.1) is 0 Å². The Kier molecular flexibility index (Phi) is 2.93. The van der Waals surface area contributed by atoms with Crippen molar-refractivity contribution < 1.29 is 0 Å². The van der Waals surface area contributed by atoms with E-state index in [0.29, 0.717) is 6.54 Å². The molecule has 0 unspecified atom stereocenters. The van der Waals surface area contributed by atoms with Crippen LogP contribution in [-0.2, 0) is 0 Å². The minimum Gasteiger partial charge on any atom is -0.399 e. The Hall–Kier alpha value is -1.02. The second-order valence-corrected chi connectivity index (χ2v) is 2.59. The fourth-order valence-corrected chi connectivity index (χ4v) is 1.04. The van der Waals surface area contributed by atoms with E-state index in [2.05, 4.69) is 6.08 Å². The zero-order chi connectivity index (χ0) is 8.10. The highest BCUT2D eigenvalue weighted by atomic mass is 14.6. The van der Waals surface area contributed by atoms with Gasteiger partial charge < -0.3 is 11.5 Å². The molecule has 11 heavy (non-hydrogen) atoms. The third-order valence-corrected chi connectivity index (χ3v) is 1.66. The molecule has 1 aliphatic rings. The molecule has 1 aliphatic carbocycles. The van der Waals surface area contributed by atoms with Crippen molar-refractivity contribution >= 4 is 0 Å². The Labute approximate surface area is 67.3 Å². The molecule has 2 heteroatoms. The lowest BCUT2D eigenvalue weighted by Gasteiger charge is -1.95. The Bertz CT molecular complexity index is 212. The van der Waals surface area contributed by atoms with Crippen LogP contribution < -0.4 is 11.5 Å². The van der Waals surface area contributed by atoms with Crippen LogP contribution in [0.3, 0.4) is 0 Å². The van der Waals surface area contributed by atoms with Gasteiger partial charge in [-0.1, -0.05) is 23.8 Å². The molecule has 0 aromatic heterocycles. The number of allylic oxidation sites excluding steroid dienone is 4. The molecule has 0 bridgehead atoms. The summed E-state index contributed by atoms with van der Waals surface area (Å²) in [5.41, 5.74) is 13.1. The molecule has 0 fully saturated rings. The maximum atomic E-state index is 5.60. The Balaban J connectivity index is 2.58. The highest BCUT2D eigenvalue weighted by Crippen LogP contribution is 2.09. The smallest absolute Gasteiger partial charge is 0.0276 e. The van der Waals surface area contributed by atoms with Gasteiger partial charge in [0.05, 0.1) is 0 Å². The van der Waals surface area contributed by atoms with Gasteiger partial charge in [-0.3, -0.25) is 0 Å². The summed E-state index contributed by atoms with van der Waals surface area (Å²) in [6.45, 7) is 0.704. The number of hydrogen-bond acceptors (Lipinski definition) is 2. The molecule has 60 valence electrons. The predicted molar refractivity (Wildman–Crippen MR) is 47.8 cm³/mol. The van der Waals surface area contributed by atoms with Crippen LogP contribution in [0, 0.1) is 0 Å². The Morgan fingerprint density at radius 2 is 2.09 bits per heavy atom. The quantitative estimate of drug-likeness (QED) is 0.618. The first kappa shape index (κ1) is 8.08. The average molecular weight is 150 g/mol. The van der Waals surface area contributed by atoms with Gasteiger partial charge in [0.2, 0.25) is 0 Å².